The van der Waals surface area contributed by atoms with E-state index >= 15 is 0 Å². The average molecular weight is 444 g/mol. The second-order valence-electron chi connectivity index (χ2n) is 8.37. The van der Waals surface area contributed by atoms with Gasteiger partial charge in [-0.1, -0.05) is 105 Å². The van der Waals surface area contributed by atoms with Crippen molar-refractivity contribution in [2.45, 2.75) is 51.6 Å². The molecule has 0 saturated carbocycles. The number of hydrogen-bond acceptors (Lipinski definition) is 0. The molecule has 0 atom stereocenters. The molecule has 4 heteroatoms. The molecule has 0 amide bonds. The summed E-state index contributed by atoms with van der Waals surface area (Å²) in [6, 6.07) is 15.2. The summed E-state index contributed by atoms with van der Waals surface area (Å²) >= 11 is 16.4. The van der Waals surface area contributed by atoms with E-state index in [1.807, 2.05) is 0 Å². The zero-order chi connectivity index (χ0) is 18.3. The Morgan fingerprint density at radius 3 is 1.71 bits per heavy atom. The fourth-order valence-corrected chi connectivity index (χ4v) is 13.2. The van der Waals surface area contributed by atoms with Crippen LogP contribution in [0.4, 0.5) is 0 Å². The highest BCUT2D eigenvalue weighted by Gasteiger charge is 2.55. The molecule has 0 bridgehead atoms. The Morgan fingerprint density at radius 1 is 0.792 bits per heavy atom. The van der Waals surface area contributed by atoms with Crippen LogP contribution in [-0.2, 0) is 0 Å². The third-order valence-corrected chi connectivity index (χ3v) is 13.4. The maximum atomic E-state index is 6.47. The van der Waals surface area contributed by atoms with E-state index in [1.165, 1.54) is 10.4 Å². The van der Waals surface area contributed by atoms with E-state index in [9.17, 15) is 0 Å². The first-order chi connectivity index (χ1) is 10.9. The van der Waals surface area contributed by atoms with Gasteiger partial charge in [-0.3, -0.25) is 0 Å². The van der Waals surface area contributed by atoms with Crippen LogP contribution < -0.4 is 10.4 Å². The first kappa shape index (κ1) is 20.0. The van der Waals surface area contributed by atoms with Gasteiger partial charge in [-0.05, 0) is 38.1 Å². The van der Waals surface area contributed by atoms with E-state index in [0.717, 1.165) is 4.47 Å². The molecule has 0 N–H and O–H groups in total. The third-order valence-electron chi connectivity index (χ3n) is 4.87. The molecule has 2 rings (SSSR count). The van der Waals surface area contributed by atoms with Crippen LogP contribution in [0.25, 0.3) is 0 Å². The SMILES string of the molecule is CC(C)(C)[Si](c1ccccc1)(c1cc(Cl)c(Cl)c(Br)c1)C(C)(C)C. The molecule has 0 aliphatic carbocycles. The molecular formula is C20H25BrCl2Si. The Hall–Kier alpha value is -0.283. The van der Waals surface area contributed by atoms with Crippen molar-refractivity contribution >= 4 is 57.6 Å². The second kappa shape index (κ2) is 6.79. The van der Waals surface area contributed by atoms with Gasteiger partial charge in [0, 0.05) is 4.47 Å². The minimum atomic E-state index is -2.21. The smallest absolute Gasteiger partial charge is 0.0827 e. The summed E-state index contributed by atoms with van der Waals surface area (Å²) in [6.07, 6.45) is 0. The summed E-state index contributed by atoms with van der Waals surface area (Å²) < 4.78 is 0.868. The first-order valence-electron chi connectivity index (χ1n) is 8.13. The van der Waals surface area contributed by atoms with Crippen molar-refractivity contribution in [3.05, 3.63) is 57.0 Å². The topological polar surface area (TPSA) is 0 Å². The van der Waals surface area contributed by atoms with Crippen molar-refractivity contribution in [2.24, 2.45) is 0 Å². The zero-order valence-corrected chi connectivity index (χ0v) is 19.3. The predicted octanol–water partition coefficient (Wildman–Crippen LogP) is 6.92. The minimum Gasteiger partial charge on any atom is -0.0827 e. The molecule has 0 aromatic heterocycles. The Bertz CT molecular complexity index is 691. The Kier molecular flexibility index (Phi) is 5.67. The van der Waals surface area contributed by atoms with Crippen LogP contribution in [0.5, 0.6) is 0 Å². The van der Waals surface area contributed by atoms with Gasteiger partial charge in [0.2, 0.25) is 0 Å². The Balaban J connectivity index is 2.97. The quantitative estimate of drug-likeness (QED) is 0.349. The van der Waals surface area contributed by atoms with Crippen LogP contribution in [0.3, 0.4) is 0 Å². The van der Waals surface area contributed by atoms with Crippen LogP contribution in [0.1, 0.15) is 41.5 Å². The number of rotatable bonds is 2. The fourth-order valence-electron chi connectivity index (χ4n) is 4.48. The minimum absolute atomic E-state index is 0.100. The van der Waals surface area contributed by atoms with Gasteiger partial charge in [0.15, 0.2) is 0 Å². The molecule has 0 unspecified atom stereocenters. The molecule has 130 valence electrons. The highest BCUT2D eigenvalue weighted by molar-refractivity contribution is 9.10. The summed E-state index contributed by atoms with van der Waals surface area (Å²) in [5.41, 5.74) is 0. The van der Waals surface area contributed by atoms with Crippen LogP contribution in [0.2, 0.25) is 20.1 Å². The van der Waals surface area contributed by atoms with Crippen LogP contribution in [0, 0.1) is 0 Å². The molecule has 2 aromatic carbocycles. The monoisotopic (exact) mass is 442 g/mol. The lowest BCUT2D eigenvalue weighted by Crippen LogP contribution is -2.69. The van der Waals surface area contributed by atoms with Crippen molar-refractivity contribution in [1.29, 1.82) is 0 Å². The summed E-state index contributed by atoms with van der Waals surface area (Å²) in [6.45, 7) is 14.1. The van der Waals surface area contributed by atoms with E-state index in [0.29, 0.717) is 10.0 Å². The van der Waals surface area contributed by atoms with E-state index in [4.69, 9.17) is 23.2 Å². The highest BCUT2D eigenvalue weighted by Crippen LogP contribution is 2.51. The molecule has 0 fully saturated rings. The number of hydrogen-bond donors (Lipinski definition) is 0. The standard InChI is InChI=1S/C20H25BrCl2Si/c1-19(2,3)24(20(4,5)6,14-10-8-7-9-11-14)15-12-16(21)18(23)17(22)13-15/h7-13H,1-6H3. The normalized spacial score (nSPS) is 13.2. The van der Waals surface area contributed by atoms with Gasteiger partial charge in [-0.25, -0.2) is 0 Å². The summed E-state index contributed by atoms with van der Waals surface area (Å²) in [5, 5.41) is 4.14. The second-order valence-corrected chi connectivity index (χ2v) is 15.7. The molecule has 0 aliphatic rings. The third kappa shape index (κ3) is 3.23. The lowest BCUT2D eigenvalue weighted by atomic mass is 10.2. The summed E-state index contributed by atoms with van der Waals surface area (Å²) in [4.78, 5) is 0. The van der Waals surface area contributed by atoms with Gasteiger partial charge in [0.05, 0.1) is 10.0 Å². The summed E-state index contributed by atoms with van der Waals surface area (Å²) in [7, 11) is -2.21. The molecule has 24 heavy (non-hydrogen) atoms. The van der Waals surface area contributed by atoms with Crippen molar-refractivity contribution in [1.82, 2.24) is 0 Å². The van der Waals surface area contributed by atoms with E-state index < -0.39 is 8.07 Å². The average Bonchev–Trinajstić information content (AvgIpc) is 2.43. The lowest BCUT2D eigenvalue weighted by molar-refractivity contribution is 0.636. The fraction of sp³-hybridized carbons (Fsp3) is 0.400. The van der Waals surface area contributed by atoms with Crippen LogP contribution in [-0.4, -0.2) is 8.07 Å². The van der Waals surface area contributed by atoms with Crippen LogP contribution in [0.15, 0.2) is 46.9 Å². The maximum absolute atomic E-state index is 6.47. The zero-order valence-electron chi connectivity index (χ0n) is 15.2. The molecule has 0 nitrogen and oxygen atoms in total. The highest BCUT2D eigenvalue weighted by atomic mass is 79.9. The number of benzene rings is 2. The molecular weight excluding hydrogens is 419 g/mol. The summed E-state index contributed by atoms with van der Waals surface area (Å²) in [5.74, 6) is 0. The molecule has 0 spiro atoms. The Morgan fingerprint density at radius 2 is 1.29 bits per heavy atom. The largest absolute Gasteiger partial charge is 0.128 e. The lowest BCUT2D eigenvalue weighted by Gasteiger charge is -2.53. The van der Waals surface area contributed by atoms with Crippen molar-refractivity contribution in [3.63, 3.8) is 0 Å². The van der Waals surface area contributed by atoms with E-state index in [-0.39, 0.29) is 10.1 Å². The molecule has 0 heterocycles. The Labute approximate surface area is 165 Å². The van der Waals surface area contributed by atoms with Gasteiger partial charge in [0.25, 0.3) is 0 Å². The van der Waals surface area contributed by atoms with E-state index in [2.05, 4.69) is 99.9 Å². The van der Waals surface area contributed by atoms with Crippen molar-refractivity contribution in [3.8, 4) is 0 Å². The molecule has 2 aromatic rings. The van der Waals surface area contributed by atoms with Gasteiger partial charge in [-0.2, -0.15) is 0 Å². The molecule has 0 radical (unpaired) electrons. The van der Waals surface area contributed by atoms with Crippen molar-refractivity contribution in [2.75, 3.05) is 0 Å². The van der Waals surface area contributed by atoms with Gasteiger partial charge < -0.3 is 0 Å². The van der Waals surface area contributed by atoms with Crippen LogP contribution >= 0.6 is 39.1 Å². The van der Waals surface area contributed by atoms with Gasteiger partial charge in [-0.15, -0.1) is 0 Å². The maximum Gasteiger partial charge on any atom is 0.128 e. The molecule has 0 aliphatic heterocycles. The number of halogens is 3. The van der Waals surface area contributed by atoms with Crippen molar-refractivity contribution < 1.29 is 0 Å². The first-order valence-corrected chi connectivity index (χ1v) is 11.7. The molecule has 0 saturated heterocycles. The van der Waals surface area contributed by atoms with E-state index in [1.54, 1.807) is 0 Å². The van der Waals surface area contributed by atoms with Gasteiger partial charge in [0.1, 0.15) is 8.07 Å². The van der Waals surface area contributed by atoms with Gasteiger partial charge >= 0.3 is 0 Å². The predicted molar refractivity (Wildman–Crippen MR) is 115 cm³/mol.